The second kappa shape index (κ2) is 6.32. The molecule has 2 rings (SSSR count). The summed E-state index contributed by atoms with van der Waals surface area (Å²) < 4.78 is 5.22. The third kappa shape index (κ3) is 3.34. The van der Waals surface area contributed by atoms with Crippen molar-refractivity contribution in [2.45, 2.75) is 51.4 Å². The van der Waals surface area contributed by atoms with Crippen molar-refractivity contribution in [3.8, 4) is 0 Å². The summed E-state index contributed by atoms with van der Waals surface area (Å²) >= 11 is 1.57. The molecule has 1 saturated heterocycles. The second-order valence-corrected chi connectivity index (χ2v) is 5.72. The van der Waals surface area contributed by atoms with E-state index >= 15 is 0 Å². The van der Waals surface area contributed by atoms with Crippen molar-refractivity contribution < 1.29 is 19.4 Å². The van der Waals surface area contributed by atoms with E-state index in [9.17, 15) is 9.59 Å². The van der Waals surface area contributed by atoms with Crippen molar-refractivity contribution in [3.05, 3.63) is 16.1 Å². The number of carbonyl (C=O) groups excluding carboxylic acids is 1. The van der Waals surface area contributed by atoms with Crippen molar-refractivity contribution in [1.82, 2.24) is 10.3 Å². The van der Waals surface area contributed by atoms with Crippen molar-refractivity contribution in [3.63, 3.8) is 0 Å². The molecule has 3 atom stereocenters. The van der Waals surface area contributed by atoms with Gasteiger partial charge in [-0.2, -0.15) is 0 Å². The van der Waals surface area contributed by atoms with E-state index in [4.69, 9.17) is 9.84 Å². The molecular weight excluding hydrogens is 280 g/mol. The van der Waals surface area contributed by atoms with E-state index in [1.54, 1.807) is 11.3 Å². The van der Waals surface area contributed by atoms with Gasteiger partial charge in [-0.25, -0.2) is 9.78 Å². The van der Waals surface area contributed by atoms with Gasteiger partial charge in [-0.1, -0.05) is 6.92 Å². The minimum absolute atomic E-state index is 0.202. The Balaban J connectivity index is 1.89. The summed E-state index contributed by atoms with van der Waals surface area (Å²) in [5, 5.41) is 14.6. The predicted molar refractivity (Wildman–Crippen MR) is 73.6 cm³/mol. The van der Waals surface area contributed by atoms with Crippen LogP contribution in [0, 0.1) is 0 Å². The van der Waals surface area contributed by atoms with Gasteiger partial charge in [0.1, 0.15) is 6.10 Å². The summed E-state index contributed by atoms with van der Waals surface area (Å²) in [5.41, 5.74) is 0.827. The number of aliphatic carboxylic acids is 1. The third-order valence-corrected chi connectivity index (χ3v) is 4.27. The maximum absolute atomic E-state index is 12.0. The van der Waals surface area contributed by atoms with Crippen LogP contribution in [0.1, 0.15) is 43.4 Å². The lowest BCUT2D eigenvalue weighted by molar-refractivity contribution is -0.151. The zero-order valence-corrected chi connectivity index (χ0v) is 12.3. The number of nitrogens with one attached hydrogen (secondary N) is 1. The number of aryl methyl sites for hydroxylation is 1. The normalized spacial score (nSPS) is 23.5. The second-order valence-electron chi connectivity index (χ2n) is 4.78. The highest BCUT2D eigenvalue weighted by atomic mass is 32.1. The molecule has 2 N–H and O–H groups in total. The zero-order chi connectivity index (χ0) is 14.7. The molecule has 7 heteroatoms. The van der Waals surface area contributed by atoms with E-state index < -0.39 is 18.2 Å². The van der Waals surface area contributed by atoms with Gasteiger partial charge in [-0.3, -0.25) is 4.79 Å². The molecule has 1 aliphatic heterocycles. The Morgan fingerprint density at radius 3 is 2.80 bits per heavy atom. The van der Waals surface area contributed by atoms with E-state index in [0.29, 0.717) is 12.8 Å². The van der Waals surface area contributed by atoms with Crippen molar-refractivity contribution in [1.29, 1.82) is 0 Å². The van der Waals surface area contributed by atoms with E-state index in [1.807, 2.05) is 19.2 Å². The molecule has 1 amide bonds. The van der Waals surface area contributed by atoms with Crippen LogP contribution in [-0.2, 0) is 20.7 Å². The molecule has 2 heterocycles. The average molecular weight is 298 g/mol. The van der Waals surface area contributed by atoms with Crippen molar-refractivity contribution >= 4 is 23.2 Å². The number of ether oxygens (including phenoxy) is 1. The molecule has 0 aromatic carbocycles. The molecule has 6 nitrogen and oxygen atoms in total. The number of aromatic nitrogens is 1. The van der Waals surface area contributed by atoms with Gasteiger partial charge in [-0.15, -0.1) is 11.3 Å². The van der Waals surface area contributed by atoms with Crippen molar-refractivity contribution in [2.75, 3.05) is 0 Å². The summed E-state index contributed by atoms with van der Waals surface area (Å²) in [6.07, 6.45) is 0.137. The lowest BCUT2D eigenvalue weighted by Gasteiger charge is -2.15. The highest BCUT2D eigenvalue weighted by Gasteiger charge is 2.35. The Bertz CT molecular complexity index is 502. The van der Waals surface area contributed by atoms with E-state index in [-0.39, 0.29) is 11.9 Å². The molecule has 1 unspecified atom stereocenters. The standard InChI is InChI=1S/C13H18N2O4S/c1-3-11-15-8(6-20-11)7(2)14-12(16)9-4-5-10(19-9)13(17)18/h6-7,9-10H,3-5H2,1-2H3,(H,14,16)(H,17,18)/t7?,9-,10+/m0/s1. The minimum atomic E-state index is -1.01. The molecule has 1 fully saturated rings. The fourth-order valence-corrected chi connectivity index (χ4v) is 2.92. The summed E-state index contributed by atoms with van der Waals surface area (Å²) in [7, 11) is 0. The number of carboxylic acids is 1. The number of carbonyl (C=O) groups is 2. The van der Waals surface area contributed by atoms with Crippen LogP contribution < -0.4 is 5.32 Å². The number of thiazole rings is 1. The Hall–Kier alpha value is -1.47. The molecule has 20 heavy (non-hydrogen) atoms. The summed E-state index contributed by atoms with van der Waals surface area (Å²) in [6, 6.07) is -0.202. The Labute approximate surface area is 121 Å². The maximum atomic E-state index is 12.0. The van der Waals surface area contributed by atoms with Gasteiger partial charge >= 0.3 is 5.97 Å². The van der Waals surface area contributed by atoms with Crippen LogP contribution in [0.15, 0.2) is 5.38 Å². The predicted octanol–water partition coefficient (Wildman–Crippen LogP) is 1.51. The topological polar surface area (TPSA) is 88.5 Å². The van der Waals surface area contributed by atoms with Gasteiger partial charge in [0, 0.05) is 5.38 Å². The third-order valence-electron chi connectivity index (χ3n) is 3.26. The molecule has 1 aromatic rings. The molecule has 110 valence electrons. The fourth-order valence-electron chi connectivity index (χ4n) is 2.08. The fraction of sp³-hybridized carbons (Fsp3) is 0.615. The first-order valence-corrected chi connectivity index (χ1v) is 7.52. The first kappa shape index (κ1) is 14.9. The van der Waals surface area contributed by atoms with Crippen LogP contribution in [0.3, 0.4) is 0 Å². The molecule has 0 bridgehead atoms. The molecule has 0 aliphatic carbocycles. The summed E-state index contributed by atoms with van der Waals surface area (Å²) in [4.78, 5) is 27.2. The van der Waals surface area contributed by atoms with Crippen LogP contribution in [-0.4, -0.2) is 34.2 Å². The minimum Gasteiger partial charge on any atom is -0.479 e. The van der Waals surface area contributed by atoms with Crippen LogP contribution in [0.2, 0.25) is 0 Å². The molecule has 1 aromatic heterocycles. The largest absolute Gasteiger partial charge is 0.479 e. The molecular formula is C13H18N2O4S. The molecule has 1 aliphatic rings. The van der Waals surface area contributed by atoms with Gasteiger partial charge in [0.25, 0.3) is 0 Å². The van der Waals surface area contributed by atoms with Gasteiger partial charge in [-0.05, 0) is 26.2 Å². The van der Waals surface area contributed by atoms with Crippen LogP contribution >= 0.6 is 11.3 Å². The van der Waals surface area contributed by atoms with Gasteiger partial charge < -0.3 is 15.2 Å². The highest BCUT2D eigenvalue weighted by molar-refractivity contribution is 7.09. The lowest BCUT2D eigenvalue weighted by atomic mass is 10.1. The van der Waals surface area contributed by atoms with Gasteiger partial charge in [0.2, 0.25) is 5.91 Å². The van der Waals surface area contributed by atoms with E-state index in [1.165, 1.54) is 0 Å². The Morgan fingerprint density at radius 2 is 2.25 bits per heavy atom. The van der Waals surface area contributed by atoms with Crippen molar-refractivity contribution in [2.24, 2.45) is 0 Å². The lowest BCUT2D eigenvalue weighted by Crippen LogP contribution is -2.37. The highest BCUT2D eigenvalue weighted by Crippen LogP contribution is 2.22. The number of hydrogen-bond acceptors (Lipinski definition) is 5. The van der Waals surface area contributed by atoms with Gasteiger partial charge in [0.05, 0.1) is 16.7 Å². The number of hydrogen-bond donors (Lipinski definition) is 2. The van der Waals surface area contributed by atoms with E-state index in [0.717, 1.165) is 17.1 Å². The summed E-state index contributed by atoms with van der Waals surface area (Å²) in [6.45, 7) is 3.89. The number of carboxylic acid groups (broad SMARTS) is 1. The molecule has 0 radical (unpaired) electrons. The SMILES string of the molecule is CCc1nc(C(C)NC(=O)[C@@H]2CC[C@H](C(=O)O)O2)cs1. The quantitative estimate of drug-likeness (QED) is 0.860. The first-order valence-electron chi connectivity index (χ1n) is 6.64. The Morgan fingerprint density at radius 1 is 1.55 bits per heavy atom. The molecule has 0 spiro atoms. The maximum Gasteiger partial charge on any atom is 0.332 e. The van der Waals surface area contributed by atoms with Crippen LogP contribution in [0.5, 0.6) is 0 Å². The zero-order valence-electron chi connectivity index (χ0n) is 11.5. The van der Waals surface area contributed by atoms with Gasteiger partial charge in [0.15, 0.2) is 6.10 Å². The summed E-state index contributed by atoms with van der Waals surface area (Å²) in [5.74, 6) is -1.28. The van der Waals surface area contributed by atoms with E-state index in [2.05, 4.69) is 10.3 Å². The first-order chi connectivity index (χ1) is 9.51. The monoisotopic (exact) mass is 298 g/mol. The number of nitrogens with zero attached hydrogens (tertiary/aromatic N) is 1. The van der Waals surface area contributed by atoms with Crippen LogP contribution in [0.25, 0.3) is 0 Å². The number of amides is 1. The smallest absolute Gasteiger partial charge is 0.332 e. The number of rotatable bonds is 5. The van der Waals surface area contributed by atoms with Crippen LogP contribution in [0.4, 0.5) is 0 Å². The molecule has 0 saturated carbocycles. The average Bonchev–Trinajstić information content (AvgIpc) is 3.07. The Kier molecular flexibility index (Phi) is 4.72.